The van der Waals surface area contributed by atoms with Crippen LogP contribution in [0.3, 0.4) is 0 Å². The molecule has 0 aliphatic rings. The zero-order chi connectivity index (χ0) is 9.14. The van der Waals surface area contributed by atoms with Gasteiger partial charge in [0.05, 0.1) is 12.6 Å². The van der Waals surface area contributed by atoms with E-state index in [-0.39, 0.29) is 18.8 Å². The molecule has 3 N–H and O–H groups in total. The number of nitrogens with two attached hydrogens (primary N) is 1. The third-order valence-electron chi connectivity index (χ3n) is 1.70. The highest BCUT2D eigenvalue weighted by molar-refractivity contribution is 4.80. The normalized spacial score (nSPS) is 13.2. The largest absolute Gasteiger partial charge is 0.390 e. The smallest absolute Gasteiger partial charge is 0.327 e. The van der Waals surface area contributed by atoms with Gasteiger partial charge in [0.2, 0.25) is 0 Å². The van der Waals surface area contributed by atoms with E-state index in [1.54, 1.807) is 19.4 Å². The molecule has 1 heterocycles. The number of aromatic nitrogens is 2. The number of hydrogen-bond acceptors (Lipinski definition) is 3. The Kier molecular flexibility index (Phi) is 2.67. The number of rotatable bonds is 3. The van der Waals surface area contributed by atoms with Crippen molar-refractivity contribution in [1.82, 2.24) is 9.13 Å². The lowest BCUT2D eigenvalue weighted by Crippen LogP contribution is -2.31. The van der Waals surface area contributed by atoms with Gasteiger partial charge in [0.15, 0.2) is 0 Å². The summed E-state index contributed by atoms with van der Waals surface area (Å²) in [7, 11) is 1.66. The first-order valence-electron chi connectivity index (χ1n) is 3.75. The standard InChI is InChI=1S/C7H13N3O2/c1-9-2-3-10(7(9)12)5-6(11)4-8/h2-3,6,11H,4-5,8H2,1H3/t6-/m1/s1. The van der Waals surface area contributed by atoms with Crippen LogP contribution in [0.4, 0.5) is 0 Å². The van der Waals surface area contributed by atoms with Crippen molar-refractivity contribution in [2.24, 2.45) is 12.8 Å². The molecular weight excluding hydrogens is 158 g/mol. The Morgan fingerprint density at radius 1 is 1.67 bits per heavy atom. The summed E-state index contributed by atoms with van der Waals surface area (Å²) in [6.45, 7) is 0.428. The van der Waals surface area contributed by atoms with Crippen LogP contribution in [0.5, 0.6) is 0 Å². The molecule has 1 aromatic heterocycles. The van der Waals surface area contributed by atoms with Crippen molar-refractivity contribution in [3.05, 3.63) is 22.9 Å². The third-order valence-corrected chi connectivity index (χ3v) is 1.70. The lowest BCUT2D eigenvalue weighted by atomic mass is 10.3. The molecule has 0 aliphatic carbocycles. The number of aryl methyl sites for hydroxylation is 1. The fraction of sp³-hybridized carbons (Fsp3) is 0.571. The second-order valence-electron chi connectivity index (χ2n) is 2.73. The number of imidazole rings is 1. The average Bonchev–Trinajstić information content (AvgIpc) is 2.36. The molecule has 0 unspecified atom stereocenters. The number of nitrogens with zero attached hydrogens (tertiary/aromatic N) is 2. The summed E-state index contributed by atoms with van der Waals surface area (Å²) in [5.41, 5.74) is 5.07. The first-order chi connectivity index (χ1) is 5.65. The van der Waals surface area contributed by atoms with E-state index in [1.807, 2.05) is 0 Å². The molecule has 0 spiro atoms. The van der Waals surface area contributed by atoms with E-state index in [2.05, 4.69) is 0 Å². The van der Waals surface area contributed by atoms with E-state index in [1.165, 1.54) is 9.13 Å². The van der Waals surface area contributed by atoms with Crippen LogP contribution < -0.4 is 11.4 Å². The molecule has 0 saturated heterocycles. The van der Waals surface area contributed by atoms with Crippen LogP contribution in [0, 0.1) is 0 Å². The average molecular weight is 171 g/mol. The van der Waals surface area contributed by atoms with Gasteiger partial charge < -0.3 is 15.4 Å². The maximum atomic E-state index is 11.2. The Morgan fingerprint density at radius 3 is 2.75 bits per heavy atom. The molecule has 0 amide bonds. The highest BCUT2D eigenvalue weighted by Crippen LogP contribution is 1.86. The summed E-state index contributed by atoms with van der Waals surface area (Å²) in [6, 6.07) is 0. The molecule has 68 valence electrons. The summed E-state index contributed by atoms with van der Waals surface area (Å²) >= 11 is 0. The highest BCUT2D eigenvalue weighted by atomic mass is 16.3. The molecule has 5 nitrogen and oxygen atoms in total. The second kappa shape index (κ2) is 3.55. The topological polar surface area (TPSA) is 73.2 Å². The van der Waals surface area contributed by atoms with E-state index >= 15 is 0 Å². The second-order valence-corrected chi connectivity index (χ2v) is 2.73. The number of aliphatic hydroxyl groups is 1. The van der Waals surface area contributed by atoms with Crippen LogP contribution in [0.25, 0.3) is 0 Å². The van der Waals surface area contributed by atoms with Gasteiger partial charge in [-0.15, -0.1) is 0 Å². The minimum absolute atomic E-state index is 0.137. The predicted molar refractivity (Wildman–Crippen MR) is 44.7 cm³/mol. The van der Waals surface area contributed by atoms with E-state index < -0.39 is 6.10 Å². The van der Waals surface area contributed by atoms with Crippen LogP contribution in [0.15, 0.2) is 17.2 Å². The summed E-state index contributed by atoms with van der Waals surface area (Å²) in [5.74, 6) is 0. The minimum Gasteiger partial charge on any atom is -0.390 e. The van der Waals surface area contributed by atoms with Crippen molar-refractivity contribution in [2.45, 2.75) is 12.6 Å². The molecule has 0 fully saturated rings. The van der Waals surface area contributed by atoms with Crippen LogP contribution >= 0.6 is 0 Å². The lowest BCUT2D eigenvalue weighted by molar-refractivity contribution is 0.160. The molecule has 1 atom stereocenters. The molecule has 1 aromatic rings. The molecule has 1 rings (SSSR count). The first-order valence-corrected chi connectivity index (χ1v) is 3.75. The van der Waals surface area contributed by atoms with Gasteiger partial charge in [0.25, 0.3) is 0 Å². The minimum atomic E-state index is -0.648. The SMILES string of the molecule is Cn1ccn(C[C@H](O)CN)c1=O. The van der Waals surface area contributed by atoms with Crippen molar-refractivity contribution >= 4 is 0 Å². The third kappa shape index (κ3) is 1.75. The summed E-state index contributed by atoms with van der Waals surface area (Å²) in [6.07, 6.45) is 2.62. The van der Waals surface area contributed by atoms with Crippen molar-refractivity contribution < 1.29 is 5.11 Å². The van der Waals surface area contributed by atoms with Crippen LogP contribution in [0.1, 0.15) is 0 Å². The van der Waals surface area contributed by atoms with Crippen molar-refractivity contribution in [2.75, 3.05) is 6.54 Å². The Labute approximate surface area is 70.0 Å². The quantitative estimate of drug-likeness (QED) is 0.581. The van der Waals surface area contributed by atoms with Gasteiger partial charge in [-0.05, 0) is 0 Å². The van der Waals surface area contributed by atoms with Crippen molar-refractivity contribution in [1.29, 1.82) is 0 Å². The van der Waals surface area contributed by atoms with Crippen LogP contribution in [0.2, 0.25) is 0 Å². The summed E-state index contributed by atoms with van der Waals surface area (Å²) < 4.78 is 2.88. The van der Waals surface area contributed by atoms with Crippen molar-refractivity contribution in [3.63, 3.8) is 0 Å². The van der Waals surface area contributed by atoms with Gasteiger partial charge in [0, 0.05) is 26.0 Å². The zero-order valence-electron chi connectivity index (χ0n) is 6.97. The van der Waals surface area contributed by atoms with Gasteiger partial charge in [0.1, 0.15) is 0 Å². The van der Waals surface area contributed by atoms with E-state index in [9.17, 15) is 4.79 Å². The monoisotopic (exact) mass is 171 g/mol. The van der Waals surface area contributed by atoms with E-state index in [0.29, 0.717) is 0 Å². The first kappa shape index (κ1) is 9.02. The molecule has 0 radical (unpaired) electrons. The number of aliphatic hydroxyl groups excluding tert-OH is 1. The zero-order valence-corrected chi connectivity index (χ0v) is 6.97. The number of hydrogen-bond donors (Lipinski definition) is 2. The highest BCUT2D eigenvalue weighted by Gasteiger charge is 2.04. The van der Waals surface area contributed by atoms with Gasteiger partial charge >= 0.3 is 5.69 Å². The molecular formula is C7H13N3O2. The Hall–Kier alpha value is -1.07. The molecule has 0 aromatic carbocycles. The fourth-order valence-corrected chi connectivity index (χ4v) is 0.951. The van der Waals surface area contributed by atoms with Gasteiger partial charge in [-0.1, -0.05) is 0 Å². The molecule has 12 heavy (non-hydrogen) atoms. The lowest BCUT2D eigenvalue weighted by Gasteiger charge is -2.06. The Balaban J connectivity index is 2.76. The molecule has 0 bridgehead atoms. The Bertz CT molecular complexity index is 302. The van der Waals surface area contributed by atoms with E-state index in [4.69, 9.17) is 10.8 Å². The fourth-order valence-electron chi connectivity index (χ4n) is 0.951. The maximum absolute atomic E-state index is 11.2. The Morgan fingerprint density at radius 2 is 2.33 bits per heavy atom. The van der Waals surface area contributed by atoms with E-state index in [0.717, 1.165) is 0 Å². The summed E-state index contributed by atoms with van der Waals surface area (Å²) in [4.78, 5) is 11.2. The van der Waals surface area contributed by atoms with Gasteiger partial charge in [-0.2, -0.15) is 0 Å². The van der Waals surface area contributed by atoms with Crippen LogP contribution in [-0.2, 0) is 13.6 Å². The molecule has 5 heteroatoms. The van der Waals surface area contributed by atoms with Gasteiger partial charge in [-0.3, -0.25) is 4.57 Å². The predicted octanol–water partition coefficient (Wildman–Crippen LogP) is -1.49. The maximum Gasteiger partial charge on any atom is 0.327 e. The molecule has 0 aliphatic heterocycles. The molecule has 0 saturated carbocycles. The summed E-state index contributed by atoms with van der Waals surface area (Å²) in [5, 5.41) is 9.15. The van der Waals surface area contributed by atoms with Gasteiger partial charge in [-0.25, -0.2) is 4.79 Å². The van der Waals surface area contributed by atoms with Crippen molar-refractivity contribution in [3.8, 4) is 0 Å². The van der Waals surface area contributed by atoms with Crippen LogP contribution in [-0.4, -0.2) is 26.9 Å².